The van der Waals surface area contributed by atoms with Crippen LogP contribution in [0.25, 0.3) is 0 Å². The predicted molar refractivity (Wildman–Crippen MR) is 84.3 cm³/mol. The van der Waals surface area contributed by atoms with Crippen LogP contribution in [0.5, 0.6) is 0 Å². The summed E-state index contributed by atoms with van der Waals surface area (Å²) in [5.74, 6) is 0.147. The maximum absolute atomic E-state index is 11.2. The molecular weight excluding hydrogens is 312 g/mol. The van der Waals surface area contributed by atoms with Crippen LogP contribution in [-0.4, -0.2) is 14.9 Å². The molecule has 0 radical (unpaired) electrons. The smallest absolute Gasteiger partial charge is 0.332 e. The van der Waals surface area contributed by atoms with E-state index in [-0.39, 0.29) is 28.5 Å². The van der Waals surface area contributed by atoms with Crippen molar-refractivity contribution in [3.05, 3.63) is 42.5 Å². The van der Waals surface area contributed by atoms with Gasteiger partial charge in [-0.3, -0.25) is 10.1 Å². The van der Waals surface area contributed by atoms with E-state index < -0.39 is 4.92 Å². The molecule has 2 heterocycles. The minimum Gasteiger partial charge on any atom is -0.358 e. The summed E-state index contributed by atoms with van der Waals surface area (Å²) < 4.78 is 0. The van der Waals surface area contributed by atoms with Crippen LogP contribution in [0.1, 0.15) is 34.0 Å². The van der Waals surface area contributed by atoms with Gasteiger partial charge >= 0.3 is 5.69 Å². The maximum Gasteiger partial charge on any atom is 0.332 e. The summed E-state index contributed by atoms with van der Waals surface area (Å²) in [6.07, 6.45) is 0. The Kier molecular flexibility index (Phi) is 4.43. The molecule has 0 amide bonds. The molecule has 2 rings (SSSR count). The molecular formula is C13H15ClN4O2S. The van der Waals surface area contributed by atoms with Crippen molar-refractivity contribution in [3.63, 3.8) is 0 Å². The van der Waals surface area contributed by atoms with E-state index >= 15 is 0 Å². The van der Waals surface area contributed by atoms with Crippen molar-refractivity contribution in [2.75, 3.05) is 5.32 Å². The Morgan fingerprint density at radius 1 is 1.38 bits per heavy atom. The Hall–Kier alpha value is -1.73. The van der Waals surface area contributed by atoms with Crippen molar-refractivity contribution >= 4 is 34.4 Å². The number of hydrogen-bond acceptors (Lipinski definition) is 6. The average Bonchev–Trinajstić information content (AvgIpc) is 2.66. The second-order valence-electron chi connectivity index (χ2n) is 4.77. The highest BCUT2D eigenvalue weighted by Crippen LogP contribution is 2.32. The lowest BCUT2D eigenvalue weighted by atomic mass is 10.1. The number of aromatic nitrogens is 2. The Morgan fingerprint density at radius 2 is 2.05 bits per heavy atom. The number of nitrogens with zero attached hydrogens (tertiary/aromatic N) is 3. The van der Waals surface area contributed by atoms with E-state index in [0.29, 0.717) is 0 Å². The summed E-state index contributed by atoms with van der Waals surface area (Å²) >= 11 is 7.50. The molecule has 0 saturated heterocycles. The summed E-state index contributed by atoms with van der Waals surface area (Å²) in [6, 6.07) is 1.96. The highest BCUT2D eigenvalue weighted by atomic mass is 35.5. The van der Waals surface area contributed by atoms with Gasteiger partial charge in [0.15, 0.2) is 0 Å². The Bertz CT molecular complexity index is 702. The van der Waals surface area contributed by atoms with Gasteiger partial charge in [0, 0.05) is 9.75 Å². The lowest BCUT2D eigenvalue weighted by molar-refractivity contribution is -0.385. The fourth-order valence-corrected chi connectivity index (χ4v) is 3.45. The third kappa shape index (κ3) is 3.30. The molecule has 1 atom stereocenters. The highest BCUT2D eigenvalue weighted by molar-refractivity contribution is 7.12. The molecule has 0 aliphatic heterocycles. The molecule has 6 nitrogen and oxygen atoms in total. The molecule has 0 aromatic carbocycles. The van der Waals surface area contributed by atoms with Gasteiger partial charge in [-0.1, -0.05) is 0 Å². The molecule has 0 fully saturated rings. The predicted octanol–water partition coefficient (Wildman–Crippen LogP) is 4.20. The standard InChI is InChI=1S/C13H15ClN4O2S/c1-6-5-10(9(4)21-6)7(2)15-12-11(18(19)20)8(3)16-13(14)17-12/h5,7H,1-4H3,(H,15,16,17). The second kappa shape index (κ2) is 5.95. The number of nitro groups is 1. The van der Waals surface area contributed by atoms with Crippen molar-refractivity contribution in [1.82, 2.24) is 9.97 Å². The minimum absolute atomic E-state index is 0.00831. The number of anilines is 1. The van der Waals surface area contributed by atoms with Gasteiger partial charge in [-0.15, -0.1) is 11.3 Å². The normalized spacial score (nSPS) is 12.2. The minimum atomic E-state index is -0.494. The van der Waals surface area contributed by atoms with Crippen molar-refractivity contribution in [3.8, 4) is 0 Å². The van der Waals surface area contributed by atoms with Gasteiger partial charge in [0.05, 0.1) is 11.0 Å². The third-order valence-electron chi connectivity index (χ3n) is 3.11. The van der Waals surface area contributed by atoms with E-state index in [1.54, 1.807) is 18.3 Å². The van der Waals surface area contributed by atoms with Crippen molar-refractivity contribution in [2.45, 2.75) is 33.7 Å². The van der Waals surface area contributed by atoms with E-state index in [9.17, 15) is 10.1 Å². The molecule has 112 valence electrons. The number of nitrogens with one attached hydrogen (secondary N) is 1. The van der Waals surface area contributed by atoms with Crippen LogP contribution in [0, 0.1) is 30.9 Å². The van der Waals surface area contributed by atoms with Crippen LogP contribution in [0.4, 0.5) is 11.5 Å². The molecule has 21 heavy (non-hydrogen) atoms. The first kappa shape index (κ1) is 15.7. The van der Waals surface area contributed by atoms with Crippen LogP contribution in [0.15, 0.2) is 6.07 Å². The molecule has 0 aliphatic carbocycles. The SMILES string of the molecule is Cc1cc(C(C)Nc2nc(Cl)nc(C)c2[N+](=O)[O-])c(C)s1. The van der Waals surface area contributed by atoms with Crippen LogP contribution in [0.2, 0.25) is 5.28 Å². The van der Waals surface area contributed by atoms with Gasteiger partial charge < -0.3 is 5.32 Å². The summed E-state index contributed by atoms with van der Waals surface area (Å²) in [4.78, 5) is 20.9. The first-order valence-electron chi connectivity index (χ1n) is 6.31. The van der Waals surface area contributed by atoms with Gasteiger partial charge in [0.2, 0.25) is 11.1 Å². The van der Waals surface area contributed by atoms with Crippen LogP contribution in [-0.2, 0) is 0 Å². The molecule has 1 unspecified atom stereocenters. The van der Waals surface area contributed by atoms with Crippen LogP contribution in [0.3, 0.4) is 0 Å². The summed E-state index contributed by atoms with van der Waals surface area (Å²) in [5.41, 5.74) is 1.20. The van der Waals surface area contributed by atoms with Gasteiger partial charge in [-0.2, -0.15) is 4.98 Å². The largest absolute Gasteiger partial charge is 0.358 e. The summed E-state index contributed by atoms with van der Waals surface area (Å²) in [5, 5.41) is 14.3. The van der Waals surface area contributed by atoms with Crippen molar-refractivity contribution in [1.29, 1.82) is 0 Å². The lowest BCUT2D eigenvalue weighted by Gasteiger charge is -2.15. The summed E-state index contributed by atoms with van der Waals surface area (Å²) in [7, 11) is 0. The first-order valence-corrected chi connectivity index (χ1v) is 7.51. The fourth-order valence-electron chi connectivity index (χ4n) is 2.22. The molecule has 0 aliphatic rings. The molecule has 2 aromatic rings. The van der Waals surface area contributed by atoms with Crippen LogP contribution < -0.4 is 5.32 Å². The number of thiophene rings is 1. The van der Waals surface area contributed by atoms with E-state index in [4.69, 9.17) is 11.6 Å². The maximum atomic E-state index is 11.2. The Morgan fingerprint density at radius 3 is 2.57 bits per heavy atom. The first-order chi connectivity index (χ1) is 9.79. The highest BCUT2D eigenvalue weighted by Gasteiger charge is 2.23. The van der Waals surface area contributed by atoms with Crippen molar-refractivity contribution in [2.24, 2.45) is 0 Å². The van der Waals surface area contributed by atoms with Crippen molar-refractivity contribution < 1.29 is 4.92 Å². The molecule has 2 aromatic heterocycles. The van der Waals surface area contributed by atoms with E-state index in [2.05, 4.69) is 21.4 Å². The summed E-state index contributed by atoms with van der Waals surface area (Å²) in [6.45, 7) is 7.53. The average molecular weight is 327 g/mol. The molecule has 0 spiro atoms. The number of aryl methyl sites for hydroxylation is 3. The molecule has 0 bridgehead atoms. The zero-order valence-electron chi connectivity index (χ0n) is 12.1. The zero-order valence-corrected chi connectivity index (χ0v) is 13.7. The molecule has 8 heteroatoms. The number of halogens is 1. The molecule has 1 N–H and O–H groups in total. The van der Waals surface area contributed by atoms with E-state index in [1.165, 1.54) is 9.75 Å². The number of rotatable bonds is 4. The third-order valence-corrected chi connectivity index (χ3v) is 4.26. The van der Waals surface area contributed by atoms with Gasteiger partial charge in [-0.05, 0) is 50.9 Å². The Balaban J connectivity index is 2.39. The lowest BCUT2D eigenvalue weighted by Crippen LogP contribution is -2.11. The zero-order chi connectivity index (χ0) is 15.7. The van der Waals surface area contributed by atoms with E-state index in [1.807, 2.05) is 20.8 Å². The second-order valence-corrected chi connectivity index (χ2v) is 6.57. The number of hydrogen-bond donors (Lipinski definition) is 1. The topological polar surface area (TPSA) is 81.0 Å². The Labute approximate surface area is 131 Å². The monoisotopic (exact) mass is 326 g/mol. The fraction of sp³-hybridized carbons (Fsp3) is 0.385. The van der Waals surface area contributed by atoms with Crippen LogP contribution >= 0.6 is 22.9 Å². The quantitative estimate of drug-likeness (QED) is 0.517. The van der Waals surface area contributed by atoms with Gasteiger partial charge in [-0.25, -0.2) is 4.98 Å². The molecule has 0 saturated carbocycles. The van der Waals surface area contributed by atoms with Gasteiger partial charge in [0.1, 0.15) is 5.69 Å². The van der Waals surface area contributed by atoms with E-state index in [0.717, 1.165) is 5.56 Å². The van der Waals surface area contributed by atoms with Gasteiger partial charge in [0.25, 0.3) is 0 Å².